The first kappa shape index (κ1) is 10.4. The van der Waals surface area contributed by atoms with Crippen LogP contribution >= 0.6 is 0 Å². The number of hydrogen-bond acceptors (Lipinski definition) is 5. The first-order valence-corrected chi connectivity index (χ1v) is 4.38. The van der Waals surface area contributed by atoms with E-state index in [-0.39, 0.29) is 19.3 Å². The highest BCUT2D eigenvalue weighted by Gasteiger charge is 2.19. The molecule has 5 heteroatoms. The zero-order valence-corrected chi connectivity index (χ0v) is 7.44. The lowest BCUT2D eigenvalue weighted by Crippen LogP contribution is -2.36. The largest absolute Gasteiger partial charge is 0.462 e. The molecule has 13 heavy (non-hydrogen) atoms. The van der Waals surface area contributed by atoms with Gasteiger partial charge in [-0.05, 0) is 12.8 Å². The molecule has 0 spiro atoms. The molecule has 5 nitrogen and oxygen atoms in total. The highest BCUT2D eigenvalue weighted by atomic mass is 16.6. The average Bonchev–Trinajstić information content (AvgIpc) is 2.65. The highest BCUT2D eigenvalue weighted by molar-refractivity contribution is 5.75. The Balaban J connectivity index is 2.13. The Labute approximate surface area is 76.8 Å². The van der Waals surface area contributed by atoms with Crippen LogP contribution in [0.5, 0.6) is 0 Å². The Morgan fingerprint density at radius 1 is 1.77 bits per heavy atom. The molecular formula is C8H15NO4. The van der Waals surface area contributed by atoms with Crippen LogP contribution in [0.4, 0.5) is 0 Å². The molecule has 1 heterocycles. The Morgan fingerprint density at radius 2 is 2.54 bits per heavy atom. The van der Waals surface area contributed by atoms with Crippen molar-refractivity contribution in [2.75, 3.05) is 19.8 Å². The van der Waals surface area contributed by atoms with Crippen molar-refractivity contribution in [3.8, 4) is 0 Å². The number of hydrogen-bond donors (Lipinski definition) is 2. The molecule has 3 N–H and O–H groups in total. The molecule has 1 rings (SSSR count). The Bertz CT molecular complexity index is 168. The molecule has 76 valence electrons. The first-order valence-electron chi connectivity index (χ1n) is 4.38. The van der Waals surface area contributed by atoms with Crippen LogP contribution in [0.3, 0.4) is 0 Å². The van der Waals surface area contributed by atoms with E-state index in [4.69, 9.17) is 20.3 Å². The summed E-state index contributed by atoms with van der Waals surface area (Å²) in [5, 5.41) is 8.54. The predicted octanol–water partition coefficient (Wildman–Crippen LogP) is -0.972. The van der Waals surface area contributed by atoms with Gasteiger partial charge in [0.2, 0.25) is 0 Å². The van der Waals surface area contributed by atoms with E-state index in [2.05, 4.69) is 0 Å². The third-order valence-electron chi connectivity index (χ3n) is 1.93. The first-order chi connectivity index (χ1) is 6.24. The van der Waals surface area contributed by atoms with Gasteiger partial charge in [0.25, 0.3) is 0 Å². The van der Waals surface area contributed by atoms with Gasteiger partial charge in [-0.1, -0.05) is 0 Å². The predicted molar refractivity (Wildman–Crippen MR) is 45.0 cm³/mol. The van der Waals surface area contributed by atoms with E-state index in [0.717, 1.165) is 19.4 Å². The molecule has 0 radical (unpaired) electrons. The standard InChI is InChI=1S/C8H15NO4/c9-7(4-10)8(11)13-5-6-2-1-3-12-6/h6-7,10H,1-5,9H2/t6?,7-/m1/s1. The molecule has 0 bridgehead atoms. The highest BCUT2D eigenvalue weighted by Crippen LogP contribution is 2.11. The fraction of sp³-hybridized carbons (Fsp3) is 0.875. The molecule has 0 aromatic heterocycles. The molecule has 0 saturated carbocycles. The van der Waals surface area contributed by atoms with Crippen LogP contribution in [-0.2, 0) is 14.3 Å². The Kier molecular flexibility index (Phi) is 4.14. The van der Waals surface area contributed by atoms with Crippen LogP contribution in [0.15, 0.2) is 0 Å². The van der Waals surface area contributed by atoms with Gasteiger partial charge >= 0.3 is 5.97 Å². The number of carbonyl (C=O) groups is 1. The molecule has 2 atom stereocenters. The van der Waals surface area contributed by atoms with Crippen molar-refractivity contribution in [3.05, 3.63) is 0 Å². The summed E-state index contributed by atoms with van der Waals surface area (Å²) in [4.78, 5) is 11.0. The van der Waals surface area contributed by atoms with Crippen LogP contribution in [0.2, 0.25) is 0 Å². The summed E-state index contributed by atoms with van der Waals surface area (Å²) in [6.07, 6.45) is 1.94. The minimum atomic E-state index is -0.929. The molecule has 1 saturated heterocycles. The average molecular weight is 189 g/mol. The topological polar surface area (TPSA) is 81.8 Å². The van der Waals surface area contributed by atoms with Gasteiger partial charge in [-0.2, -0.15) is 0 Å². The lowest BCUT2D eigenvalue weighted by Gasteiger charge is -2.12. The third kappa shape index (κ3) is 3.30. The van der Waals surface area contributed by atoms with Crippen molar-refractivity contribution >= 4 is 5.97 Å². The van der Waals surface area contributed by atoms with Crippen LogP contribution in [-0.4, -0.2) is 43.0 Å². The monoisotopic (exact) mass is 189 g/mol. The van der Waals surface area contributed by atoms with Gasteiger partial charge in [0, 0.05) is 6.61 Å². The minimum Gasteiger partial charge on any atom is -0.462 e. The van der Waals surface area contributed by atoms with E-state index in [1.54, 1.807) is 0 Å². The molecule has 0 amide bonds. The second kappa shape index (κ2) is 5.16. The fourth-order valence-electron chi connectivity index (χ4n) is 1.13. The molecule has 0 aromatic carbocycles. The quantitative estimate of drug-likeness (QED) is 0.556. The second-order valence-corrected chi connectivity index (χ2v) is 3.05. The van der Waals surface area contributed by atoms with E-state index in [1.807, 2.05) is 0 Å². The van der Waals surface area contributed by atoms with E-state index in [1.165, 1.54) is 0 Å². The maximum atomic E-state index is 11.0. The van der Waals surface area contributed by atoms with Crippen LogP contribution in [0.25, 0.3) is 0 Å². The maximum Gasteiger partial charge on any atom is 0.325 e. The summed E-state index contributed by atoms with van der Waals surface area (Å²) in [6, 6.07) is -0.929. The van der Waals surface area contributed by atoms with Crippen molar-refractivity contribution in [3.63, 3.8) is 0 Å². The van der Waals surface area contributed by atoms with Gasteiger partial charge < -0.3 is 20.3 Å². The summed E-state index contributed by atoms with van der Waals surface area (Å²) < 4.78 is 10.1. The Hall–Kier alpha value is -0.650. The summed E-state index contributed by atoms with van der Waals surface area (Å²) in [5.74, 6) is -0.571. The molecule has 0 aromatic rings. The van der Waals surface area contributed by atoms with Gasteiger partial charge in [-0.3, -0.25) is 4.79 Å². The third-order valence-corrected chi connectivity index (χ3v) is 1.93. The van der Waals surface area contributed by atoms with Crippen molar-refractivity contribution < 1.29 is 19.4 Å². The zero-order chi connectivity index (χ0) is 9.68. The molecule has 0 aliphatic carbocycles. The Morgan fingerprint density at radius 3 is 3.08 bits per heavy atom. The van der Waals surface area contributed by atoms with E-state index < -0.39 is 12.0 Å². The van der Waals surface area contributed by atoms with E-state index in [0.29, 0.717) is 0 Å². The van der Waals surface area contributed by atoms with Crippen LogP contribution in [0.1, 0.15) is 12.8 Å². The van der Waals surface area contributed by atoms with Crippen LogP contribution in [0, 0.1) is 0 Å². The number of aliphatic hydroxyl groups excluding tert-OH is 1. The maximum absolute atomic E-state index is 11.0. The number of carbonyl (C=O) groups excluding carboxylic acids is 1. The summed E-state index contributed by atoms with van der Waals surface area (Å²) in [6.45, 7) is 0.588. The summed E-state index contributed by atoms with van der Waals surface area (Å²) >= 11 is 0. The van der Waals surface area contributed by atoms with Crippen molar-refractivity contribution in [2.24, 2.45) is 5.73 Å². The van der Waals surface area contributed by atoms with Gasteiger partial charge in [0.15, 0.2) is 0 Å². The molecular weight excluding hydrogens is 174 g/mol. The normalized spacial score (nSPS) is 24.3. The molecule has 1 fully saturated rings. The second-order valence-electron chi connectivity index (χ2n) is 3.05. The van der Waals surface area contributed by atoms with Gasteiger partial charge in [0.1, 0.15) is 12.6 Å². The van der Waals surface area contributed by atoms with Gasteiger partial charge in [-0.15, -0.1) is 0 Å². The van der Waals surface area contributed by atoms with Gasteiger partial charge in [0.05, 0.1) is 12.7 Å². The summed E-state index contributed by atoms with van der Waals surface area (Å²) in [5.41, 5.74) is 5.24. The van der Waals surface area contributed by atoms with Crippen molar-refractivity contribution in [1.82, 2.24) is 0 Å². The van der Waals surface area contributed by atoms with Crippen molar-refractivity contribution in [1.29, 1.82) is 0 Å². The van der Waals surface area contributed by atoms with E-state index in [9.17, 15) is 4.79 Å². The van der Waals surface area contributed by atoms with E-state index >= 15 is 0 Å². The minimum absolute atomic E-state index is 0.00911. The molecule has 1 aliphatic rings. The van der Waals surface area contributed by atoms with Gasteiger partial charge in [-0.25, -0.2) is 0 Å². The SMILES string of the molecule is N[C@H](CO)C(=O)OCC1CCCO1. The number of aliphatic hydroxyl groups is 1. The smallest absolute Gasteiger partial charge is 0.325 e. The lowest BCUT2D eigenvalue weighted by atomic mass is 10.2. The van der Waals surface area contributed by atoms with Crippen LogP contribution < -0.4 is 5.73 Å². The number of rotatable bonds is 4. The number of esters is 1. The summed E-state index contributed by atoms with van der Waals surface area (Å²) in [7, 11) is 0. The number of ether oxygens (including phenoxy) is 2. The van der Waals surface area contributed by atoms with Crippen molar-refractivity contribution in [2.45, 2.75) is 25.0 Å². The zero-order valence-electron chi connectivity index (χ0n) is 7.44. The fourth-order valence-corrected chi connectivity index (χ4v) is 1.13. The molecule has 1 unspecified atom stereocenters. The number of nitrogens with two attached hydrogens (primary N) is 1. The molecule has 1 aliphatic heterocycles. The lowest BCUT2D eigenvalue weighted by molar-refractivity contribution is -0.149.